The van der Waals surface area contributed by atoms with Gasteiger partial charge in [-0.05, 0) is 12.5 Å². The largest absolute Gasteiger partial charge is 0.374 e. The van der Waals surface area contributed by atoms with E-state index in [1.807, 2.05) is 13.0 Å². The van der Waals surface area contributed by atoms with Gasteiger partial charge < -0.3 is 10.5 Å². The van der Waals surface area contributed by atoms with Crippen molar-refractivity contribution in [2.75, 3.05) is 19.7 Å². The van der Waals surface area contributed by atoms with E-state index in [9.17, 15) is 0 Å². The van der Waals surface area contributed by atoms with Gasteiger partial charge in [-0.1, -0.05) is 30.3 Å². The lowest BCUT2D eigenvalue weighted by molar-refractivity contribution is -0.0403. The summed E-state index contributed by atoms with van der Waals surface area (Å²) >= 11 is 0. The molecule has 1 saturated heterocycles. The summed E-state index contributed by atoms with van der Waals surface area (Å²) in [5, 5.41) is 0. The highest BCUT2D eigenvalue weighted by Gasteiger charge is 2.23. The zero-order chi connectivity index (χ0) is 11.4. The summed E-state index contributed by atoms with van der Waals surface area (Å²) in [5.41, 5.74) is 7.23. The van der Waals surface area contributed by atoms with Gasteiger partial charge in [0, 0.05) is 25.7 Å². The van der Waals surface area contributed by atoms with E-state index in [0.717, 1.165) is 26.2 Å². The molecule has 1 aliphatic rings. The average molecular weight is 220 g/mol. The fourth-order valence-electron chi connectivity index (χ4n) is 2.03. The molecule has 3 heteroatoms. The molecule has 1 aliphatic heterocycles. The van der Waals surface area contributed by atoms with Gasteiger partial charge in [0.25, 0.3) is 0 Å². The third-order valence-electron chi connectivity index (χ3n) is 3.01. The van der Waals surface area contributed by atoms with Gasteiger partial charge in [-0.3, -0.25) is 4.90 Å². The van der Waals surface area contributed by atoms with Crippen molar-refractivity contribution in [3.05, 3.63) is 35.9 Å². The van der Waals surface area contributed by atoms with Crippen molar-refractivity contribution in [2.45, 2.75) is 25.6 Å². The second kappa shape index (κ2) is 5.43. The van der Waals surface area contributed by atoms with E-state index < -0.39 is 0 Å². The Balaban J connectivity index is 1.90. The first-order chi connectivity index (χ1) is 7.75. The summed E-state index contributed by atoms with van der Waals surface area (Å²) in [5.74, 6) is 0. The van der Waals surface area contributed by atoms with Crippen LogP contribution in [0.3, 0.4) is 0 Å². The van der Waals surface area contributed by atoms with E-state index in [1.165, 1.54) is 5.56 Å². The van der Waals surface area contributed by atoms with Crippen molar-refractivity contribution in [2.24, 2.45) is 5.73 Å². The zero-order valence-corrected chi connectivity index (χ0v) is 9.80. The van der Waals surface area contributed by atoms with Crippen LogP contribution in [0.5, 0.6) is 0 Å². The Morgan fingerprint density at radius 3 is 2.88 bits per heavy atom. The molecule has 88 valence electrons. The molecule has 0 saturated carbocycles. The Bertz CT molecular complexity index is 313. The van der Waals surface area contributed by atoms with Crippen molar-refractivity contribution < 1.29 is 4.74 Å². The molecule has 0 unspecified atom stereocenters. The Kier molecular flexibility index (Phi) is 3.93. The van der Waals surface area contributed by atoms with E-state index in [4.69, 9.17) is 10.5 Å². The second-order valence-electron chi connectivity index (χ2n) is 4.49. The van der Waals surface area contributed by atoms with Crippen LogP contribution in [0.15, 0.2) is 30.3 Å². The fourth-order valence-corrected chi connectivity index (χ4v) is 2.03. The second-order valence-corrected chi connectivity index (χ2v) is 4.49. The average Bonchev–Trinajstić information content (AvgIpc) is 2.30. The van der Waals surface area contributed by atoms with E-state index >= 15 is 0 Å². The van der Waals surface area contributed by atoms with Crippen LogP contribution < -0.4 is 5.73 Å². The Labute approximate surface area is 97.2 Å². The molecule has 1 heterocycles. The number of morpholine rings is 1. The minimum Gasteiger partial charge on any atom is -0.374 e. The number of nitrogens with zero attached hydrogens (tertiary/aromatic N) is 1. The van der Waals surface area contributed by atoms with E-state index in [0.29, 0.717) is 0 Å². The first kappa shape index (κ1) is 11.6. The molecular formula is C13H20N2O. The van der Waals surface area contributed by atoms with E-state index in [-0.39, 0.29) is 12.1 Å². The quantitative estimate of drug-likeness (QED) is 0.833. The maximum Gasteiger partial charge on any atom is 0.0850 e. The van der Waals surface area contributed by atoms with Crippen LogP contribution in [0, 0.1) is 0 Å². The third-order valence-corrected chi connectivity index (χ3v) is 3.01. The maximum atomic E-state index is 5.87. The predicted octanol–water partition coefficient (Wildman–Crippen LogP) is 1.23. The van der Waals surface area contributed by atoms with Gasteiger partial charge in [0.1, 0.15) is 0 Å². The molecule has 2 N–H and O–H groups in total. The molecule has 0 bridgehead atoms. The number of benzene rings is 1. The smallest absolute Gasteiger partial charge is 0.0850 e. The van der Waals surface area contributed by atoms with Crippen LogP contribution >= 0.6 is 0 Å². The summed E-state index contributed by atoms with van der Waals surface area (Å²) in [7, 11) is 0. The fraction of sp³-hybridized carbons (Fsp3) is 0.538. The summed E-state index contributed by atoms with van der Waals surface area (Å²) < 4.78 is 5.64. The van der Waals surface area contributed by atoms with Crippen molar-refractivity contribution in [1.29, 1.82) is 0 Å². The standard InChI is InChI=1S/C13H20N2O/c1-11(14)13-10-15(7-8-16-13)9-12-5-3-2-4-6-12/h2-6,11,13H,7-10,14H2,1H3/t11-,13-/m0/s1. The molecule has 1 aromatic rings. The topological polar surface area (TPSA) is 38.5 Å². The Hall–Kier alpha value is -0.900. The SMILES string of the molecule is C[C@H](N)[C@@H]1CN(Cc2ccccc2)CCO1. The van der Waals surface area contributed by atoms with Crippen molar-refractivity contribution in [1.82, 2.24) is 4.90 Å². The molecule has 0 amide bonds. The lowest BCUT2D eigenvalue weighted by Crippen LogP contribution is -2.49. The molecule has 3 nitrogen and oxygen atoms in total. The Morgan fingerprint density at radius 2 is 2.19 bits per heavy atom. The van der Waals surface area contributed by atoms with Crippen molar-refractivity contribution >= 4 is 0 Å². The van der Waals surface area contributed by atoms with Crippen molar-refractivity contribution in [3.8, 4) is 0 Å². The van der Waals surface area contributed by atoms with E-state index in [2.05, 4.69) is 29.2 Å². The van der Waals surface area contributed by atoms with Crippen LogP contribution in [-0.4, -0.2) is 36.7 Å². The van der Waals surface area contributed by atoms with Gasteiger partial charge in [0.15, 0.2) is 0 Å². The minimum atomic E-state index is 0.110. The number of hydrogen-bond donors (Lipinski definition) is 1. The van der Waals surface area contributed by atoms with Gasteiger partial charge in [0.2, 0.25) is 0 Å². The minimum absolute atomic E-state index is 0.110. The summed E-state index contributed by atoms with van der Waals surface area (Å²) in [4.78, 5) is 2.41. The number of nitrogens with two attached hydrogens (primary N) is 1. The molecule has 1 fully saturated rings. The molecule has 2 rings (SSSR count). The molecule has 0 radical (unpaired) electrons. The van der Waals surface area contributed by atoms with Crippen molar-refractivity contribution in [3.63, 3.8) is 0 Å². The highest BCUT2D eigenvalue weighted by molar-refractivity contribution is 5.14. The molecule has 1 aromatic carbocycles. The number of hydrogen-bond acceptors (Lipinski definition) is 3. The number of ether oxygens (including phenoxy) is 1. The molecular weight excluding hydrogens is 200 g/mol. The highest BCUT2D eigenvalue weighted by Crippen LogP contribution is 2.11. The summed E-state index contributed by atoms with van der Waals surface area (Å²) in [6.07, 6.45) is 0.178. The molecule has 0 aromatic heterocycles. The first-order valence-corrected chi connectivity index (χ1v) is 5.89. The zero-order valence-electron chi connectivity index (χ0n) is 9.80. The third kappa shape index (κ3) is 3.04. The maximum absolute atomic E-state index is 5.87. The normalized spacial score (nSPS) is 24.2. The molecule has 2 atom stereocenters. The predicted molar refractivity (Wildman–Crippen MR) is 65.1 cm³/mol. The lowest BCUT2D eigenvalue weighted by Gasteiger charge is -2.34. The van der Waals surface area contributed by atoms with Crippen LogP contribution in [0.4, 0.5) is 0 Å². The van der Waals surface area contributed by atoms with Gasteiger partial charge in [0.05, 0.1) is 12.7 Å². The van der Waals surface area contributed by atoms with Crippen LogP contribution in [0.1, 0.15) is 12.5 Å². The Morgan fingerprint density at radius 1 is 1.44 bits per heavy atom. The van der Waals surface area contributed by atoms with Gasteiger partial charge >= 0.3 is 0 Å². The molecule has 0 spiro atoms. The van der Waals surface area contributed by atoms with Gasteiger partial charge in [-0.2, -0.15) is 0 Å². The van der Waals surface area contributed by atoms with Gasteiger partial charge in [-0.15, -0.1) is 0 Å². The van der Waals surface area contributed by atoms with Crippen LogP contribution in [0.25, 0.3) is 0 Å². The summed E-state index contributed by atoms with van der Waals surface area (Å²) in [6.45, 7) is 5.73. The van der Waals surface area contributed by atoms with E-state index in [1.54, 1.807) is 0 Å². The van der Waals surface area contributed by atoms with Crippen LogP contribution in [0.2, 0.25) is 0 Å². The molecule has 16 heavy (non-hydrogen) atoms. The summed E-state index contributed by atoms with van der Waals surface area (Å²) in [6, 6.07) is 10.6. The van der Waals surface area contributed by atoms with Crippen LogP contribution in [-0.2, 0) is 11.3 Å². The monoisotopic (exact) mass is 220 g/mol. The number of rotatable bonds is 3. The highest BCUT2D eigenvalue weighted by atomic mass is 16.5. The molecule has 0 aliphatic carbocycles. The first-order valence-electron chi connectivity index (χ1n) is 5.89. The van der Waals surface area contributed by atoms with Gasteiger partial charge in [-0.25, -0.2) is 0 Å². The lowest BCUT2D eigenvalue weighted by atomic mass is 10.1.